The van der Waals surface area contributed by atoms with Gasteiger partial charge in [0.2, 0.25) is 0 Å². The number of benzene rings is 1. The summed E-state index contributed by atoms with van der Waals surface area (Å²) < 4.78 is 13.6. The molecule has 2 heterocycles. The first-order chi connectivity index (χ1) is 11.7. The van der Waals surface area contributed by atoms with Gasteiger partial charge in [0.1, 0.15) is 0 Å². The summed E-state index contributed by atoms with van der Waals surface area (Å²) in [5, 5.41) is 6.12. The molecule has 2 N–H and O–H groups in total. The Labute approximate surface area is 153 Å². The van der Waals surface area contributed by atoms with E-state index in [2.05, 4.69) is 15.6 Å². The fourth-order valence-electron chi connectivity index (χ4n) is 3.04. The standard InChI is InChI=1S/C19H22FN3O.ClH/c20-17-4-2-12-22-18(17)19(24)23-16-9-7-14(8-10-16)5-6-15-3-1-11-21-13-15;/h2,4,7-10,12,15,21H,1,3,5-6,11,13H2,(H,23,24);1H/t15-;/m0./s1. The van der Waals surface area contributed by atoms with Crippen molar-refractivity contribution in [1.82, 2.24) is 10.3 Å². The van der Waals surface area contributed by atoms with E-state index in [-0.39, 0.29) is 18.1 Å². The van der Waals surface area contributed by atoms with Gasteiger partial charge in [-0.1, -0.05) is 12.1 Å². The monoisotopic (exact) mass is 363 g/mol. The number of halogens is 2. The molecular weight excluding hydrogens is 341 g/mol. The van der Waals surface area contributed by atoms with Gasteiger partial charge in [-0.25, -0.2) is 9.37 Å². The molecule has 4 nitrogen and oxygen atoms in total. The molecular formula is C19H23ClFN3O. The Morgan fingerprint density at radius 2 is 2.08 bits per heavy atom. The lowest BCUT2D eigenvalue weighted by Crippen LogP contribution is -2.29. The highest BCUT2D eigenvalue weighted by Crippen LogP contribution is 2.18. The van der Waals surface area contributed by atoms with Crippen molar-refractivity contribution in [3.63, 3.8) is 0 Å². The fourth-order valence-corrected chi connectivity index (χ4v) is 3.04. The maximum atomic E-state index is 13.6. The zero-order valence-electron chi connectivity index (χ0n) is 14.0. The largest absolute Gasteiger partial charge is 0.321 e. The van der Waals surface area contributed by atoms with Crippen LogP contribution in [0.5, 0.6) is 0 Å². The number of hydrogen-bond donors (Lipinski definition) is 2. The number of hydrogen-bond acceptors (Lipinski definition) is 3. The zero-order valence-corrected chi connectivity index (χ0v) is 14.8. The number of aromatic nitrogens is 1. The average molecular weight is 364 g/mol. The highest BCUT2D eigenvalue weighted by molar-refractivity contribution is 6.02. The highest BCUT2D eigenvalue weighted by Gasteiger charge is 2.14. The topological polar surface area (TPSA) is 54.0 Å². The van der Waals surface area contributed by atoms with E-state index in [9.17, 15) is 9.18 Å². The number of carbonyl (C=O) groups excluding carboxylic acids is 1. The van der Waals surface area contributed by atoms with Crippen molar-refractivity contribution < 1.29 is 9.18 Å². The van der Waals surface area contributed by atoms with Gasteiger partial charge in [0.25, 0.3) is 5.91 Å². The lowest BCUT2D eigenvalue weighted by Gasteiger charge is -2.22. The molecule has 2 aromatic rings. The van der Waals surface area contributed by atoms with E-state index in [4.69, 9.17) is 0 Å². The van der Waals surface area contributed by atoms with Gasteiger partial charge >= 0.3 is 0 Å². The van der Waals surface area contributed by atoms with Crippen LogP contribution < -0.4 is 10.6 Å². The number of piperidine rings is 1. The molecule has 0 aliphatic carbocycles. The predicted molar refractivity (Wildman–Crippen MR) is 99.8 cm³/mol. The second kappa shape index (κ2) is 9.49. The maximum absolute atomic E-state index is 13.6. The molecule has 25 heavy (non-hydrogen) atoms. The van der Waals surface area contributed by atoms with Crippen LogP contribution in [0.1, 0.15) is 35.3 Å². The van der Waals surface area contributed by atoms with Crippen LogP contribution in [0.4, 0.5) is 10.1 Å². The third kappa shape index (κ3) is 5.51. The molecule has 1 amide bonds. The molecule has 1 saturated heterocycles. The summed E-state index contributed by atoms with van der Waals surface area (Å²) in [6.07, 6.45) is 6.19. The number of nitrogens with one attached hydrogen (secondary N) is 2. The van der Waals surface area contributed by atoms with Crippen molar-refractivity contribution >= 4 is 24.0 Å². The second-order valence-electron chi connectivity index (χ2n) is 6.24. The molecule has 0 radical (unpaired) electrons. The predicted octanol–water partition coefficient (Wildman–Crippen LogP) is 3.83. The van der Waals surface area contributed by atoms with Crippen LogP contribution in [0.3, 0.4) is 0 Å². The third-order valence-electron chi connectivity index (χ3n) is 4.43. The second-order valence-corrected chi connectivity index (χ2v) is 6.24. The van der Waals surface area contributed by atoms with Crippen LogP contribution in [-0.2, 0) is 6.42 Å². The number of pyridine rings is 1. The molecule has 0 unspecified atom stereocenters. The Kier molecular flexibility index (Phi) is 7.34. The summed E-state index contributed by atoms with van der Waals surface area (Å²) in [7, 11) is 0. The molecule has 3 rings (SSSR count). The summed E-state index contributed by atoms with van der Waals surface area (Å²) in [4.78, 5) is 15.8. The van der Waals surface area contributed by atoms with Gasteiger partial charge in [0.15, 0.2) is 11.5 Å². The van der Waals surface area contributed by atoms with Gasteiger partial charge in [-0.15, -0.1) is 12.4 Å². The first-order valence-electron chi connectivity index (χ1n) is 8.44. The van der Waals surface area contributed by atoms with E-state index >= 15 is 0 Å². The summed E-state index contributed by atoms with van der Waals surface area (Å²) in [6.45, 7) is 2.26. The first-order valence-corrected chi connectivity index (χ1v) is 8.44. The minimum absolute atomic E-state index is 0. The quantitative estimate of drug-likeness (QED) is 0.848. The number of rotatable bonds is 5. The smallest absolute Gasteiger partial charge is 0.277 e. The van der Waals surface area contributed by atoms with Gasteiger partial charge in [0, 0.05) is 11.9 Å². The molecule has 1 atom stereocenters. The molecule has 1 aliphatic heterocycles. The van der Waals surface area contributed by atoms with E-state index in [1.807, 2.05) is 24.3 Å². The van der Waals surface area contributed by atoms with Crippen molar-refractivity contribution in [2.24, 2.45) is 5.92 Å². The zero-order chi connectivity index (χ0) is 16.8. The van der Waals surface area contributed by atoms with Gasteiger partial charge in [-0.2, -0.15) is 0 Å². The third-order valence-corrected chi connectivity index (χ3v) is 4.43. The molecule has 1 aromatic heterocycles. The minimum Gasteiger partial charge on any atom is -0.321 e. The van der Waals surface area contributed by atoms with Crippen molar-refractivity contribution in [1.29, 1.82) is 0 Å². The van der Waals surface area contributed by atoms with Gasteiger partial charge in [-0.3, -0.25) is 4.79 Å². The van der Waals surface area contributed by atoms with Crippen LogP contribution in [0.15, 0.2) is 42.6 Å². The van der Waals surface area contributed by atoms with Gasteiger partial charge in [0.05, 0.1) is 0 Å². The summed E-state index contributed by atoms with van der Waals surface area (Å²) >= 11 is 0. The van der Waals surface area contributed by atoms with E-state index in [1.165, 1.54) is 43.2 Å². The van der Waals surface area contributed by atoms with Crippen molar-refractivity contribution in [2.75, 3.05) is 18.4 Å². The van der Waals surface area contributed by atoms with Crippen LogP contribution in [0, 0.1) is 11.7 Å². The molecule has 1 fully saturated rings. The van der Waals surface area contributed by atoms with Gasteiger partial charge in [-0.05, 0) is 74.5 Å². The molecule has 1 aromatic carbocycles. The van der Waals surface area contributed by atoms with Crippen LogP contribution in [0.2, 0.25) is 0 Å². The maximum Gasteiger partial charge on any atom is 0.277 e. The number of aryl methyl sites for hydroxylation is 1. The van der Waals surface area contributed by atoms with E-state index in [0.29, 0.717) is 5.69 Å². The Bertz CT molecular complexity index is 687. The summed E-state index contributed by atoms with van der Waals surface area (Å²) in [5.74, 6) is -0.396. The molecule has 6 heteroatoms. The molecule has 0 bridgehead atoms. The van der Waals surface area contributed by atoms with Crippen molar-refractivity contribution in [3.8, 4) is 0 Å². The van der Waals surface area contributed by atoms with Gasteiger partial charge < -0.3 is 10.6 Å². The number of anilines is 1. The Morgan fingerprint density at radius 3 is 2.76 bits per heavy atom. The highest BCUT2D eigenvalue weighted by atomic mass is 35.5. The van der Waals surface area contributed by atoms with Crippen LogP contribution >= 0.6 is 12.4 Å². The van der Waals surface area contributed by atoms with Crippen molar-refractivity contribution in [2.45, 2.75) is 25.7 Å². The van der Waals surface area contributed by atoms with E-state index in [1.54, 1.807) is 0 Å². The lowest BCUT2D eigenvalue weighted by molar-refractivity contribution is 0.101. The summed E-state index contributed by atoms with van der Waals surface area (Å²) in [5.41, 5.74) is 1.71. The fraction of sp³-hybridized carbons (Fsp3) is 0.368. The Hall–Kier alpha value is -1.98. The van der Waals surface area contributed by atoms with Crippen molar-refractivity contribution in [3.05, 3.63) is 59.7 Å². The first kappa shape index (κ1) is 19.3. The van der Waals surface area contributed by atoms with Crippen LogP contribution in [0.25, 0.3) is 0 Å². The molecule has 134 valence electrons. The normalized spacial score (nSPS) is 16.8. The molecule has 1 aliphatic rings. The van der Waals surface area contributed by atoms with Crippen LogP contribution in [-0.4, -0.2) is 24.0 Å². The van der Waals surface area contributed by atoms with E-state index in [0.717, 1.165) is 25.4 Å². The lowest BCUT2D eigenvalue weighted by atomic mass is 9.93. The number of carbonyl (C=O) groups is 1. The Morgan fingerprint density at radius 1 is 1.28 bits per heavy atom. The van der Waals surface area contributed by atoms with E-state index < -0.39 is 11.7 Å². The SMILES string of the molecule is Cl.O=C(Nc1ccc(CC[C@@H]2CCCNC2)cc1)c1ncccc1F. The molecule has 0 spiro atoms. The average Bonchev–Trinajstić information content (AvgIpc) is 2.62. The number of nitrogens with zero attached hydrogens (tertiary/aromatic N) is 1. The Balaban J connectivity index is 0.00000225. The summed E-state index contributed by atoms with van der Waals surface area (Å²) in [6, 6.07) is 10.4. The number of amides is 1. The molecule has 0 saturated carbocycles. The minimum atomic E-state index is -0.618.